The molecule has 0 heterocycles. The molecule has 0 atom stereocenters. The van der Waals surface area contributed by atoms with Crippen molar-refractivity contribution in [2.45, 2.75) is 33.4 Å². The molecule has 2 rings (SSSR count). The van der Waals surface area contributed by atoms with E-state index in [0.717, 1.165) is 42.8 Å². The summed E-state index contributed by atoms with van der Waals surface area (Å²) in [6.07, 6.45) is 0.969. The summed E-state index contributed by atoms with van der Waals surface area (Å²) in [6, 6.07) is 10.5. The lowest BCUT2D eigenvalue weighted by Crippen LogP contribution is -2.16. The summed E-state index contributed by atoms with van der Waals surface area (Å²) in [5, 5.41) is 3.40. The van der Waals surface area contributed by atoms with Crippen LogP contribution in [0.1, 0.15) is 31.4 Å². The van der Waals surface area contributed by atoms with Crippen LogP contribution in [0.2, 0.25) is 0 Å². The summed E-state index contributed by atoms with van der Waals surface area (Å²) in [6.45, 7) is 7.70. The summed E-state index contributed by atoms with van der Waals surface area (Å²) in [7, 11) is 0. The van der Waals surface area contributed by atoms with Crippen LogP contribution in [0.4, 0.5) is 4.39 Å². The standard InChI is InChI=1S/C21H27BrFNO3/c1-3-25-11-7-10-24-14-16-12-18(22)21(20(13-16)26-4-2)27-15-17-8-5-6-9-19(17)23/h5-6,8-9,12-13,24H,3-4,7,10-11,14-15H2,1-2H3. The van der Waals surface area contributed by atoms with Crippen LogP contribution in [0, 0.1) is 5.82 Å². The highest BCUT2D eigenvalue weighted by molar-refractivity contribution is 9.10. The average Bonchev–Trinajstić information content (AvgIpc) is 2.65. The maximum atomic E-state index is 13.8. The van der Waals surface area contributed by atoms with Crippen molar-refractivity contribution in [1.82, 2.24) is 5.32 Å². The molecule has 0 spiro atoms. The molecular weight excluding hydrogens is 413 g/mol. The van der Waals surface area contributed by atoms with Crippen LogP contribution in [0.3, 0.4) is 0 Å². The molecule has 0 amide bonds. The molecule has 0 radical (unpaired) electrons. The smallest absolute Gasteiger partial charge is 0.175 e. The number of hydrogen-bond donors (Lipinski definition) is 1. The number of ether oxygens (including phenoxy) is 3. The normalized spacial score (nSPS) is 10.8. The Bertz CT molecular complexity index is 712. The summed E-state index contributed by atoms with van der Waals surface area (Å²) in [5.41, 5.74) is 1.59. The van der Waals surface area contributed by atoms with E-state index in [-0.39, 0.29) is 12.4 Å². The zero-order valence-electron chi connectivity index (χ0n) is 15.9. The fourth-order valence-electron chi connectivity index (χ4n) is 2.57. The van der Waals surface area contributed by atoms with Crippen molar-refractivity contribution in [3.05, 3.63) is 57.8 Å². The van der Waals surface area contributed by atoms with E-state index >= 15 is 0 Å². The van der Waals surface area contributed by atoms with Crippen LogP contribution in [-0.2, 0) is 17.9 Å². The second-order valence-electron chi connectivity index (χ2n) is 5.95. The minimum Gasteiger partial charge on any atom is -0.490 e. The van der Waals surface area contributed by atoms with Crippen molar-refractivity contribution < 1.29 is 18.6 Å². The molecule has 2 aromatic carbocycles. The molecule has 1 N–H and O–H groups in total. The Hall–Kier alpha value is -1.63. The van der Waals surface area contributed by atoms with Crippen molar-refractivity contribution in [3.63, 3.8) is 0 Å². The first kappa shape index (κ1) is 21.7. The molecule has 0 aliphatic rings. The highest BCUT2D eigenvalue weighted by Gasteiger charge is 2.13. The number of benzene rings is 2. The molecule has 0 aromatic heterocycles. The van der Waals surface area contributed by atoms with Crippen molar-refractivity contribution in [2.75, 3.05) is 26.4 Å². The number of rotatable bonds is 12. The van der Waals surface area contributed by atoms with Gasteiger partial charge in [0.15, 0.2) is 11.5 Å². The summed E-state index contributed by atoms with van der Waals surface area (Å²) in [5.74, 6) is 0.953. The maximum Gasteiger partial charge on any atom is 0.175 e. The Balaban J connectivity index is 2.01. The van der Waals surface area contributed by atoms with Crippen molar-refractivity contribution in [1.29, 1.82) is 0 Å². The van der Waals surface area contributed by atoms with Gasteiger partial charge in [-0.1, -0.05) is 18.2 Å². The average molecular weight is 440 g/mol. The van der Waals surface area contributed by atoms with Crippen LogP contribution in [0.5, 0.6) is 11.5 Å². The molecule has 0 fully saturated rings. The first-order chi connectivity index (χ1) is 13.2. The first-order valence-corrected chi connectivity index (χ1v) is 10.0. The van der Waals surface area contributed by atoms with Crippen LogP contribution in [-0.4, -0.2) is 26.4 Å². The van der Waals surface area contributed by atoms with E-state index < -0.39 is 0 Å². The van der Waals surface area contributed by atoms with E-state index in [9.17, 15) is 4.39 Å². The van der Waals surface area contributed by atoms with Crippen molar-refractivity contribution >= 4 is 15.9 Å². The molecule has 148 valence electrons. The molecule has 2 aromatic rings. The predicted octanol–water partition coefficient (Wildman–Crippen LogP) is 5.08. The van der Waals surface area contributed by atoms with E-state index in [1.54, 1.807) is 18.2 Å². The van der Waals surface area contributed by atoms with E-state index in [0.29, 0.717) is 23.7 Å². The molecule has 0 saturated carbocycles. The van der Waals surface area contributed by atoms with Gasteiger partial charge in [-0.05, 0) is 66.5 Å². The van der Waals surface area contributed by atoms with E-state index in [1.165, 1.54) is 6.07 Å². The number of halogens is 2. The number of nitrogens with one attached hydrogen (secondary N) is 1. The molecule has 4 nitrogen and oxygen atoms in total. The van der Waals surface area contributed by atoms with Gasteiger partial charge in [0.2, 0.25) is 0 Å². The van der Waals surface area contributed by atoms with Gasteiger partial charge in [0.1, 0.15) is 12.4 Å². The van der Waals surface area contributed by atoms with Gasteiger partial charge < -0.3 is 19.5 Å². The molecule has 0 bridgehead atoms. The summed E-state index contributed by atoms with van der Waals surface area (Å²) < 4.78 is 31.5. The molecule has 27 heavy (non-hydrogen) atoms. The fourth-order valence-corrected chi connectivity index (χ4v) is 3.17. The fraction of sp³-hybridized carbons (Fsp3) is 0.429. The quantitative estimate of drug-likeness (QED) is 0.468. The second-order valence-corrected chi connectivity index (χ2v) is 6.80. The van der Waals surface area contributed by atoms with E-state index in [1.807, 2.05) is 26.0 Å². The molecule has 0 unspecified atom stereocenters. The Morgan fingerprint density at radius 3 is 2.63 bits per heavy atom. The zero-order chi connectivity index (χ0) is 19.5. The minimum absolute atomic E-state index is 0.139. The van der Waals surface area contributed by atoms with Crippen molar-refractivity contribution in [3.8, 4) is 11.5 Å². The Labute approximate surface area is 169 Å². The lowest BCUT2D eigenvalue weighted by molar-refractivity contribution is 0.144. The molecule has 0 saturated heterocycles. The van der Waals surface area contributed by atoms with Gasteiger partial charge in [-0.3, -0.25) is 0 Å². The lowest BCUT2D eigenvalue weighted by atomic mass is 10.2. The lowest BCUT2D eigenvalue weighted by Gasteiger charge is -2.16. The monoisotopic (exact) mass is 439 g/mol. The van der Waals surface area contributed by atoms with E-state index in [2.05, 4.69) is 21.2 Å². The predicted molar refractivity (Wildman–Crippen MR) is 109 cm³/mol. The third-order valence-electron chi connectivity index (χ3n) is 3.87. The minimum atomic E-state index is -0.278. The Morgan fingerprint density at radius 2 is 1.89 bits per heavy atom. The highest BCUT2D eigenvalue weighted by Crippen LogP contribution is 2.37. The highest BCUT2D eigenvalue weighted by atomic mass is 79.9. The maximum absolute atomic E-state index is 13.8. The van der Waals surface area contributed by atoms with Gasteiger partial charge in [-0.25, -0.2) is 4.39 Å². The topological polar surface area (TPSA) is 39.7 Å². The Morgan fingerprint density at radius 1 is 1.07 bits per heavy atom. The zero-order valence-corrected chi connectivity index (χ0v) is 17.5. The summed E-state index contributed by atoms with van der Waals surface area (Å²) in [4.78, 5) is 0. The third kappa shape index (κ3) is 7.13. The number of hydrogen-bond acceptors (Lipinski definition) is 4. The van der Waals surface area contributed by atoms with Crippen LogP contribution >= 0.6 is 15.9 Å². The van der Waals surface area contributed by atoms with Crippen LogP contribution in [0.15, 0.2) is 40.9 Å². The second kappa shape index (κ2) is 12.0. The van der Waals surface area contributed by atoms with Gasteiger partial charge in [-0.2, -0.15) is 0 Å². The van der Waals surface area contributed by atoms with Gasteiger partial charge in [-0.15, -0.1) is 0 Å². The van der Waals surface area contributed by atoms with Gasteiger partial charge in [0, 0.05) is 25.3 Å². The van der Waals surface area contributed by atoms with Gasteiger partial charge in [0.05, 0.1) is 11.1 Å². The molecule has 6 heteroatoms. The molecule has 0 aliphatic carbocycles. The Kier molecular flexibility index (Phi) is 9.59. The third-order valence-corrected chi connectivity index (χ3v) is 4.46. The SMILES string of the molecule is CCOCCCNCc1cc(Br)c(OCc2ccccc2F)c(OCC)c1. The molecular formula is C21H27BrFNO3. The first-order valence-electron chi connectivity index (χ1n) is 9.25. The van der Waals surface area contributed by atoms with Crippen LogP contribution < -0.4 is 14.8 Å². The largest absolute Gasteiger partial charge is 0.490 e. The van der Waals surface area contributed by atoms with Gasteiger partial charge in [0.25, 0.3) is 0 Å². The van der Waals surface area contributed by atoms with Gasteiger partial charge >= 0.3 is 0 Å². The molecule has 0 aliphatic heterocycles. The van der Waals surface area contributed by atoms with Crippen molar-refractivity contribution in [2.24, 2.45) is 0 Å². The van der Waals surface area contributed by atoms with Crippen LogP contribution in [0.25, 0.3) is 0 Å². The summed E-state index contributed by atoms with van der Waals surface area (Å²) >= 11 is 3.56. The van der Waals surface area contributed by atoms with E-state index in [4.69, 9.17) is 14.2 Å².